The van der Waals surface area contributed by atoms with E-state index in [1.54, 1.807) is 5.32 Å². The van der Waals surface area contributed by atoms with E-state index in [2.05, 4.69) is 4.98 Å². The first-order chi connectivity index (χ1) is 12.7. The van der Waals surface area contributed by atoms with Gasteiger partial charge in [-0.25, -0.2) is 9.78 Å². The lowest BCUT2D eigenvalue weighted by molar-refractivity contribution is -0.140. The molecule has 0 spiro atoms. The number of nitrogens with zero attached hydrogens (tertiary/aromatic N) is 1. The highest BCUT2D eigenvalue weighted by Gasteiger charge is 2.28. The largest absolute Gasteiger partial charge is 0.452 e. The fourth-order valence-corrected chi connectivity index (χ4v) is 3.06. The van der Waals surface area contributed by atoms with E-state index in [4.69, 9.17) is 4.74 Å². The summed E-state index contributed by atoms with van der Waals surface area (Å²) < 4.78 is 41.0. The number of rotatable bonds is 6. The summed E-state index contributed by atoms with van der Waals surface area (Å²) in [5, 5.41) is 2.02. The Morgan fingerprint density at radius 2 is 1.96 bits per heavy atom. The molecule has 1 N–H and O–H groups in total. The number of carbonyl (C=O) groups is 2. The van der Waals surface area contributed by atoms with Crippen LogP contribution in [-0.2, 0) is 9.53 Å². The maximum Gasteiger partial charge on any atom is 0.405 e. The molecule has 1 heterocycles. The van der Waals surface area contributed by atoms with Gasteiger partial charge in [0.15, 0.2) is 6.61 Å². The molecule has 0 aliphatic heterocycles. The lowest BCUT2D eigenvalue weighted by Crippen LogP contribution is -2.36. The Bertz CT molecular complexity index is 841. The van der Waals surface area contributed by atoms with Gasteiger partial charge in [0.05, 0.1) is 5.56 Å². The maximum absolute atomic E-state index is 12.2. The number of nitrogens with one attached hydrogen (secondary N) is 1. The van der Waals surface area contributed by atoms with Gasteiger partial charge in [-0.3, -0.25) is 4.79 Å². The van der Waals surface area contributed by atoms with Crippen LogP contribution in [0.2, 0.25) is 0 Å². The lowest BCUT2D eigenvalue weighted by atomic mass is 10.2. The van der Waals surface area contributed by atoms with E-state index in [0.717, 1.165) is 16.0 Å². The average molecular weight is 398 g/mol. The quantitative estimate of drug-likeness (QED) is 0.752. The molecule has 0 unspecified atom stereocenters. The monoisotopic (exact) mass is 398 g/mol. The van der Waals surface area contributed by atoms with Crippen LogP contribution >= 0.6 is 11.8 Å². The minimum absolute atomic E-state index is 0.132. The Kier molecular flexibility index (Phi) is 6.84. The molecule has 144 valence electrons. The highest BCUT2D eigenvalue weighted by atomic mass is 32.2. The van der Waals surface area contributed by atoms with E-state index in [9.17, 15) is 22.8 Å². The Hall–Kier alpha value is -2.55. The molecule has 0 fully saturated rings. The van der Waals surface area contributed by atoms with E-state index < -0.39 is 31.2 Å². The molecule has 2 aromatic rings. The number of benzene rings is 1. The third-order valence-corrected chi connectivity index (χ3v) is 4.54. The number of hydrogen-bond acceptors (Lipinski definition) is 5. The third kappa shape index (κ3) is 6.59. The van der Waals surface area contributed by atoms with Crippen LogP contribution in [0.15, 0.2) is 46.5 Å². The van der Waals surface area contributed by atoms with Crippen molar-refractivity contribution in [1.82, 2.24) is 10.3 Å². The number of alkyl halides is 3. The van der Waals surface area contributed by atoms with Crippen molar-refractivity contribution in [2.75, 3.05) is 13.2 Å². The van der Waals surface area contributed by atoms with Gasteiger partial charge in [-0.2, -0.15) is 13.2 Å². The molecule has 5 nitrogen and oxygen atoms in total. The zero-order chi connectivity index (χ0) is 20.0. The van der Waals surface area contributed by atoms with Crippen molar-refractivity contribution < 1.29 is 27.5 Å². The molecule has 0 atom stereocenters. The van der Waals surface area contributed by atoms with Crippen LogP contribution < -0.4 is 5.32 Å². The zero-order valence-corrected chi connectivity index (χ0v) is 15.4. The molecule has 0 radical (unpaired) electrons. The first-order valence-corrected chi connectivity index (χ1v) is 8.68. The van der Waals surface area contributed by atoms with Gasteiger partial charge in [0, 0.05) is 11.1 Å². The molecule has 27 heavy (non-hydrogen) atoms. The number of aromatic nitrogens is 1. The molecule has 1 amide bonds. The van der Waals surface area contributed by atoms with Crippen molar-refractivity contribution >= 4 is 23.6 Å². The fourth-order valence-electron chi connectivity index (χ4n) is 2.01. The van der Waals surface area contributed by atoms with Crippen molar-refractivity contribution in [3.63, 3.8) is 0 Å². The summed E-state index contributed by atoms with van der Waals surface area (Å²) in [5.74, 6) is -1.87. The Morgan fingerprint density at radius 3 is 2.67 bits per heavy atom. The summed E-state index contributed by atoms with van der Waals surface area (Å²) >= 11 is 1.27. The molecular weight excluding hydrogens is 381 g/mol. The Labute approximate surface area is 158 Å². The highest BCUT2D eigenvalue weighted by molar-refractivity contribution is 7.99. The SMILES string of the molecule is Cc1ccc(C)c(Sc2ncccc2C(=O)OCC(=O)NCC(F)(F)F)c1. The van der Waals surface area contributed by atoms with Crippen LogP contribution in [0.3, 0.4) is 0 Å². The van der Waals surface area contributed by atoms with Crippen LogP contribution in [0.25, 0.3) is 0 Å². The Balaban J connectivity index is 2.05. The number of pyridine rings is 1. The van der Waals surface area contributed by atoms with E-state index >= 15 is 0 Å². The van der Waals surface area contributed by atoms with E-state index in [1.807, 2.05) is 32.0 Å². The van der Waals surface area contributed by atoms with Gasteiger partial charge >= 0.3 is 12.1 Å². The van der Waals surface area contributed by atoms with Gasteiger partial charge in [-0.05, 0) is 43.2 Å². The molecule has 0 saturated heterocycles. The molecule has 1 aromatic heterocycles. The van der Waals surface area contributed by atoms with Gasteiger partial charge in [0.1, 0.15) is 11.6 Å². The summed E-state index contributed by atoms with van der Waals surface area (Å²) in [6.45, 7) is 1.58. The number of aryl methyl sites for hydroxylation is 2. The number of esters is 1. The molecule has 9 heteroatoms. The number of halogens is 3. The van der Waals surface area contributed by atoms with Gasteiger partial charge in [-0.1, -0.05) is 23.9 Å². The minimum atomic E-state index is -4.53. The predicted octanol–water partition coefficient (Wildman–Crippen LogP) is 3.68. The number of ether oxygens (including phenoxy) is 1. The normalized spacial score (nSPS) is 11.1. The molecule has 0 bridgehead atoms. The first-order valence-electron chi connectivity index (χ1n) is 7.86. The van der Waals surface area contributed by atoms with Crippen molar-refractivity contribution in [3.05, 3.63) is 53.2 Å². The van der Waals surface area contributed by atoms with Crippen LogP contribution in [0.4, 0.5) is 13.2 Å². The Morgan fingerprint density at radius 1 is 1.22 bits per heavy atom. The van der Waals surface area contributed by atoms with Gasteiger partial charge < -0.3 is 10.1 Å². The lowest BCUT2D eigenvalue weighted by Gasteiger charge is -2.11. The maximum atomic E-state index is 12.2. The van der Waals surface area contributed by atoms with Crippen LogP contribution in [0.1, 0.15) is 21.5 Å². The number of amides is 1. The number of hydrogen-bond donors (Lipinski definition) is 1. The summed E-state index contributed by atoms with van der Waals surface area (Å²) in [6, 6.07) is 8.88. The standard InChI is InChI=1S/C18H17F3N2O3S/c1-11-5-6-12(2)14(8-11)27-16-13(4-3-7-22-16)17(25)26-9-15(24)23-10-18(19,20)21/h3-8H,9-10H2,1-2H3,(H,23,24). The molecule has 0 aliphatic carbocycles. The predicted molar refractivity (Wildman–Crippen MR) is 93.6 cm³/mol. The molecule has 0 aliphatic rings. The first kappa shape index (κ1) is 20.8. The van der Waals surface area contributed by atoms with E-state index in [0.29, 0.717) is 5.03 Å². The summed E-state index contributed by atoms with van der Waals surface area (Å²) in [5.41, 5.74) is 2.18. The second-order valence-electron chi connectivity index (χ2n) is 5.70. The summed E-state index contributed by atoms with van der Waals surface area (Å²) in [4.78, 5) is 28.7. The fraction of sp³-hybridized carbons (Fsp3) is 0.278. The molecular formula is C18H17F3N2O3S. The molecule has 2 rings (SSSR count). The topological polar surface area (TPSA) is 68.3 Å². The van der Waals surface area contributed by atoms with Crippen molar-refractivity contribution in [2.24, 2.45) is 0 Å². The van der Waals surface area contributed by atoms with Gasteiger partial charge in [0.25, 0.3) is 5.91 Å². The van der Waals surface area contributed by atoms with Gasteiger partial charge in [-0.15, -0.1) is 0 Å². The zero-order valence-electron chi connectivity index (χ0n) is 14.6. The van der Waals surface area contributed by atoms with Crippen molar-refractivity contribution in [2.45, 2.75) is 29.9 Å². The van der Waals surface area contributed by atoms with E-state index in [-0.39, 0.29) is 5.56 Å². The van der Waals surface area contributed by atoms with Crippen LogP contribution in [-0.4, -0.2) is 36.2 Å². The average Bonchev–Trinajstić information content (AvgIpc) is 2.61. The van der Waals surface area contributed by atoms with Crippen LogP contribution in [0.5, 0.6) is 0 Å². The smallest absolute Gasteiger partial charge is 0.405 e. The van der Waals surface area contributed by atoms with E-state index in [1.165, 1.54) is 30.1 Å². The van der Waals surface area contributed by atoms with Crippen molar-refractivity contribution in [3.8, 4) is 0 Å². The minimum Gasteiger partial charge on any atom is -0.452 e. The van der Waals surface area contributed by atoms with Crippen molar-refractivity contribution in [1.29, 1.82) is 0 Å². The number of carbonyl (C=O) groups excluding carboxylic acids is 2. The van der Waals surface area contributed by atoms with Gasteiger partial charge in [0.2, 0.25) is 0 Å². The highest BCUT2D eigenvalue weighted by Crippen LogP contribution is 2.32. The second kappa shape index (κ2) is 8.90. The third-order valence-electron chi connectivity index (χ3n) is 3.36. The molecule has 0 saturated carbocycles. The summed E-state index contributed by atoms with van der Waals surface area (Å²) in [6.07, 6.45) is -3.02. The summed E-state index contributed by atoms with van der Waals surface area (Å²) in [7, 11) is 0. The second-order valence-corrected chi connectivity index (χ2v) is 6.73. The van der Waals surface area contributed by atoms with Crippen LogP contribution in [0, 0.1) is 13.8 Å². The molecule has 1 aromatic carbocycles.